The van der Waals surface area contributed by atoms with Crippen LogP contribution in [0.2, 0.25) is 0 Å². The molecule has 1 aliphatic carbocycles. The van der Waals surface area contributed by atoms with Gasteiger partial charge < -0.3 is 10.2 Å². The largest absolute Gasteiger partial charge is 0.352 e. The second kappa shape index (κ2) is 11.4. The maximum Gasteiger partial charge on any atom is 0.269 e. The van der Waals surface area contributed by atoms with Crippen molar-refractivity contribution >= 4 is 27.7 Å². The van der Waals surface area contributed by atoms with Gasteiger partial charge in [-0.2, -0.15) is 0 Å². The van der Waals surface area contributed by atoms with Gasteiger partial charge in [0.25, 0.3) is 15.9 Å². The molecule has 1 atom stereocenters. The zero-order chi connectivity index (χ0) is 26.6. The van der Waals surface area contributed by atoms with Crippen LogP contribution < -0.4 is 5.32 Å². The van der Waals surface area contributed by atoms with Crippen LogP contribution in [0.25, 0.3) is 0 Å². The predicted molar refractivity (Wildman–Crippen MR) is 135 cm³/mol. The molecule has 3 amide bonds. The zero-order valence-corrected chi connectivity index (χ0v) is 21.7. The van der Waals surface area contributed by atoms with Crippen molar-refractivity contribution in [3.63, 3.8) is 0 Å². The molecule has 2 aromatic carbocycles. The summed E-state index contributed by atoms with van der Waals surface area (Å²) in [6.45, 7) is 1.52. The third-order valence-electron chi connectivity index (χ3n) is 7.04. The molecule has 37 heavy (non-hydrogen) atoms. The molecule has 1 saturated carbocycles. The Balaban J connectivity index is 1.52. The lowest BCUT2D eigenvalue weighted by molar-refractivity contribution is -0.141. The van der Waals surface area contributed by atoms with Gasteiger partial charge in [-0.3, -0.25) is 14.4 Å². The lowest BCUT2D eigenvalue weighted by Crippen LogP contribution is -2.52. The smallest absolute Gasteiger partial charge is 0.269 e. The number of nitrogens with zero attached hydrogens (tertiary/aromatic N) is 2. The van der Waals surface area contributed by atoms with E-state index >= 15 is 0 Å². The van der Waals surface area contributed by atoms with Gasteiger partial charge in [-0.05, 0) is 49.1 Å². The first-order chi connectivity index (χ1) is 17.7. The second-order valence-corrected chi connectivity index (χ2v) is 11.4. The second-order valence-electron chi connectivity index (χ2n) is 9.54. The van der Waals surface area contributed by atoms with Gasteiger partial charge in [0.15, 0.2) is 0 Å². The molecule has 2 aliphatic rings. The summed E-state index contributed by atoms with van der Waals surface area (Å²) in [5, 5.41) is 3.08. The lowest BCUT2D eigenvalue weighted by atomic mass is 9.95. The molecule has 1 N–H and O–H groups in total. The number of amides is 3. The fourth-order valence-corrected chi connectivity index (χ4v) is 6.61. The van der Waals surface area contributed by atoms with Crippen LogP contribution in [0.3, 0.4) is 0 Å². The summed E-state index contributed by atoms with van der Waals surface area (Å²) in [5.74, 6) is -1.81. The van der Waals surface area contributed by atoms with E-state index in [1.165, 1.54) is 29.2 Å². The average Bonchev–Trinajstić information content (AvgIpc) is 3.09. The summed E-state index contributed by atoms with van der Waals surface area (Å²) in [7, 11) is -4.05. The van der Waals surface area contributed by atoms with Crippen LogP contribution in [0.4, 0.5) is 4.39 Å². The maximum atomic E-state index is 13.5. The number of halogens is 1. The Hall–Kier alpha value is -3.27. The van der Waals surface area contributed by atoms with Gasteiger partial charge in [0, 0.05) is 25.6 Å². The molecule has 0 saturated heterocycles. The van der Waals surface area contributed by atoms with Gasteiger partial charge in [0.2, 0.25) is 11.8 Å². The number of rotatable bonds is 9. The van der Waals surface area contributed by atoms with E-state index in [0.29, 0.717) is 16.3 Å². The number of carbonyl (C=O) groups is 3. The molecule has 0 bridgehead atoms. The summed E-state index contributed by atoms with van der Waals surface area (Å²) in [6.07, 6.45) is 5.07. The highest BCUT2D eigenvalue weighted by Gasteiger charge is 2.41. The highest BCUT2D eigenvalue weighted by molar-refractivity contribution is 7.90. The van der Waals surface area contributed by atoms with E-state index in [4.69, 9.17) is 0 Å². The zero-order valence-electron chi connectivity index (χ0n) is 20.9. The molecular formula is C27H32FN3O5S. The quantitative estimate of drug-likeness (QED) is 0.535. The van der Waals surface area contributed by atoms with Crippen LogP contribution in [-0.4, -0.2) is 54.0 Å². The van der Waals surface area contributed by atoms with Crippen LogP contribution in [0.15, 0.2) is 53.4 Å². The molecule has 4 rings (SSSR count). The van der Waals surface area contributed by atoms with Gasteiger partial charge in [0.05, 0.1) is 5.56 Å². The minimum atomic E-state index is -4.05. The van der Waals surface area contributed by atoms with E-state index in [0.717, 1.165) is 32.1 Å². The Morgan fingerprint density at radius 3 is 2.41 bits per heavy atom. The van der Waals surface area contributed by atoms with E-state index in [1.807, 2.05) is 0 Å². The SMILES string of the molecule is CCC(C(=O)NC1CCCCC1)N(Cc1ccc(F)cc1)C(=O)CCN1C(=O)c2ccccc2S1(=O)=O. The Kier molecular flexibility index (Phi) is 8.26. The number of fused-ring (bicyclic) bond motifs is 1. The molecule has 1 unspecified atom stereocenters. The van der Waals surface area contributed by atoms with Gasteiger partial charge in [-0.25, -0.2) is 17.1 Å². The van der Waals surface area contributed by atoms with E-state index in [1.54, 1.807) is 31.2 Å². The molecule has 8 nitrogen and oxygen atoms in total. The molecule has 1 aliphatic heterocycles. The maximum absolute atomic E-state index is 13.5. The summed E-state index contributed by atoms with van der Waals surface area (Å²) < 4.78 is 40.0. The summed E-state index contributed by atoms with van der Waals surface area (Å²) >= 11 is 0. The number of carbonyl (C=O) groups excluding carboxylic acids is 3. The topological polar surface area (TPSA) is 104 Å². The summed E-state index contributed by atoms with van der Waals surface area (Å²) in [4.78, 5) is 40.9. The van der Waals surface area contributed by atoms with E-state index < -0.39 is 33.7 Å². The van der Waals surface area contributed by atoms with Crippen LogP contribution >= 0.6 is 0 Å². The Morgan fingerprint density at radius 2 is 1.76 bits per heavy atom. The van der Waals surface area contributed by atoms with E-state index in [-0.39, 0.29) is 41.9 Å². The normalized spacial score (nSPS) is 17.8. The van der Waals surface area contributed by atoms with Crippen molar-refractivity contribution in [3.05, 3.63) is 65.5 Å². The highest BCUT2D eigenvalue weighted by atomic mass is 32.2. The predicted octanol–water partition coefficient (Wildman–Crippen LogP) is 3.62. The van der Waals surface area contributed by atoms with Gasteiger partial charge in [-0.1, -0.05) is 50.5 Å². The van der Waals surface area contributed by atoms with Gasteiger partial charge in [-0.15, -0.1) is 0 Å². The molecule has 1 fully saturated rings. The van der Waals surface area contributed by atoms with Crippen LogP contribution in [-0.2, 0) is 26.2 Å². The van der Waals surface area contributed by atoms with Gasteiger partial charge >= 0.3 is 0 Å². The number of sulfonamides is 1. The van der Waals surface area contributed by atoms with Crippen molar-refractivity contribution in [2.75, 3.05) is 6.54 Å². The van der Waals surface area contributed by atoms with Gasteiger partial charge in [0.1, 0.15) is 16.8 Å². The molecule has 0 spiro atoms. The molecule has 0 radical (unpaired) electrons. The number of hydrogen-bond acceptors (Lipinski definition) is 5. The van der Waals surface area contributed by atoms with Crippen LogP contribution in [0, 0.1) is 5.82 Å². The van der Waals surface area contributed by atoms with Crippen molar-refractivity contribution in [2.24, 2.45) is 0 Å². The van der Waals surface area contributed by atoms with Crippen LogP contribution in [0.5, 0.6) is 0 Å². The fraction of sp³-hybridized carbons (Fsp3) is 0.444. The monoisotopic (exact) mass is 529 g/mol. The number of benzene rings is 2. The molecule has 2 aromatic rings. The number of nitrogens with one attached hydrogen (secondary N) is 1. The minimum Gasteiger partial charge on any atom is -0.352 e. The first-order valence-electron chi connectivity index (χ1n) is 12.7. The lowest BCUT2D eigenvalue weighted by Gasteiger charge is -2.33. The molecular weight excluding hydrogens is 497 g/mol. The first-order valence-corrected chi connectivity index (χ1v) is 14.2. The Morgan fingerprint density at radius 1 is 1.08 bits per heavy atom. The minimum absolute atomic E-state index is 0.0522. The molecule has 1 heterocycles. The third-order valence-corrected chi connectivity index (χ3v) is 8.88. The molecule has 198 valence electrons. The fourth-order valence-electron chi connectivity index (χ4n) is 5.04. The van der Waals surface area contributed by atoms with Crippen molar-refractivity contribution in [1.29, 1.82) is 0 Å². The first kappa shape index (κ1) is 26.8. The van der Waals surface area contributed by atoms with Crippen molar-refractivity contribution < 1.29 is 27.2 Å². The summed E-state index contributed by atoms with van der Waals surface area (Å²) in [5.41, 5.74) is 0.715. The highest BCUT2D eigenvalue weighted by Crippen LogP contribution is 2.30. The Labute approximate surface area is 216 Å². The summed E-state index contributed by atoms with van der Waals surface area (Å²) in [6, 6.07) is 10.9. The standard InChI is InChI=1S/C27H32FN3O5S/c1-2-23(26(33)29-21-8-4-3-5-9-21)30(18-19-12-14-20(28)15-13-19)25(32)16-17-31-27(34)22-10-6-7-11-24(22)37(31,35)36/h6-7,10-15,21,23H,2-5,8-9,16-18H2,1H3,(H,29,33). The molecule has 0 aromatic heterocycles. The Bertz CT molecular complexity index is 1260. The van der Waals surface area contributed by atoms with E-state index in [2.05, 4.69) is 5.32 Å². The molecule has 10 heteroatoms. The third kappa shape index (κ3) is 5.84. The number of hydrogen-bond donors (Lipinski definition) is 1. The van der Waals surface area contributed by atoms with Crippen molar-refractivity contribution in [3.8, 4) is 0 Å². The van der Waals surface area contributed by atoms with E-state index in [9.17, 15) is 27.2 Å². The van der Waals surface area contributed by atoms with Crippen molar-refractivity contribution in [1.82, 2.24) is 14.5 Å². The van der Waals surface area contributed by atoms with Crippen molar-refractivity contribution in [2.45, 2.75) is 75.4 Å². The average molecular weight is 530 g/mol. The van der Waals surface area contributed by atoms with Crippen LogP contribution in [0.1, 0.15) is 67.8 Å².